The van der Waals surface area contributed by atoms with Crippen molar-refractivity contribution in [2.24, 2.45) is 0 Å². The standard InChI is InChI=1S/C13H16N4O2S/c1-3-19-9-6-4-5-8(7-9)16-12(18)10-11(14)17-13(15-2)20-10/h4-7H,3,14H2,1-2H3,(H,15,17)(H,16,18). The van der Waals surface area contributed by atoms with Crippen LogP contribution in [-0.2, 0) is 0 Å². The van der Waals surface area contributed by atoms with Gasteiger partial charge in [0.05, 0.1) is 6.61 Å². The number of nitrogens with zero attached hydrogens (tertiary/aromatic N) is 1. The summed E-state index contributed by atoms with van der Waals surface area (Å²) in [5.41, 5.74) is 6.38. The van der Waals surface area contributed by atoms with E-state index >= 15 is 0 Å². The van der Waals surface area contributed by atoms with Gasteiger partial charge in [-0.05, 0) is 19.1 Å². The molecule has 0 aliphatic rings. The second kappa shape index (κ2) is 6.25. The Labute approximate surface area is 121 Å². The van der Waals surface area contributed by atoms with E-state index in [2.05, 4.69) is 15.6 Å². The molecule has 7 heteroatoms. The van der Waals surface area contributed by atoms with Gasteiger partial charge in [0.1, 0.15) is 16.4 Å². The molecule has 1 amide bonds. The molecule has 1 heterocycles. The molecule has 0 aliphatic heterocycles. The highest BCUT2D eigenvalue weighted by Crippen LogP contribution is 2.26. The lowest BCUT2D eigenvalue weighted by Crippen LogP contribution is -2.12. The molecular formula is C13H16N4O2S. The van der Waals surface area contributed by atoms with Gasteiger partial charge in [-0.2, -0.15) is 0 Å². The minimum Gasteiger partial charge on any atom is -0.494 e. The maximum absolute atomic E-state index is 12.1. The number of rotatable bonds is 5. The lowest BCUT2D eigenvalue weighted by molar-refractivity contribution is 0.103. The first kappa shape index (κ1) is 14.1. The van der Waals surface area contributed by atoms with E-state index < -0.39 is 0 Å². The third-order valence-corrected chi connectivity index (χ3v) is 3.56. The number of thiazole rings is 1. The van der Waals surface area contributed by atoms with Crippen molar-refractivity contribution in [3.8, 4) is 5.75 Å². The van der Waals surface area contributed by atoms with Crippen LogP contribution in [0.1, 0.15) is 16.6 Å². The van der Waals surface area contributed by atoms with Crippen LogP contribution in [0, 0.1) is 0 Å². The summed E-state index contributed by atoms with van der Waals surface area (Å²) in [7, 11) is 1.73. The van der Waals surface area contributed by atoms with Crippen molar-refractivity contribution in [2.45, 2.75) is 6.92 Å². The topological polar surface area (TPSA) is 89.3 Å². The van der Waals surface area contributed by atoms with Crippen LogP contribution in [0.15, 0.2) is 24.3 Å². The smallest absolute Gasteiger partial charge is 0.269 e. The molecule has 6 nitrogen and oxygen atoms in total. The highest BCUT2D eigenvalue weighted by molar-refractivity contribution is 7.18. The molecule has 0 spiro atoms. The Hall–Kier alpha value is -2.28. The predicted octanol–water partition coefficient (Wildman–Crippen LogP) is 2.42. The minimum absolute atomic E-state index is 0.220. The molecule has 4 N–H and O–H groups in total. The fraction of sp³-hybridized carbons (Fsp3) is 0.231. The highest BCUT2D eigenvalue weighted by Gasteiger charge is 2.16. The van der Waals surface area contributed by atoms with Gasteiger partial charge in [-0.15, -0.1) is 0 Å². The van der Waals surface area contributed by atoms with Gasteiger partial charge in [0, 0.05) is 18.8 Å². The summed E-state index contributed by atoms with van der Waals surface area (Å²) in [6, 6.07) is 7.20. The van der Waals surface area contributed by atoms with Gasteiger partial charge in [0.15, 0.2) is 5.13 Å². The molecule has 0 unspecified atom stereocenters. The number of ether oxygens (including phenoxy) is 1. The quantitative estimate of drug-likeness (QED) is 0.787. The van der Waals surface area contributed by atoms with Crippen LogP contribution in [0.4, 0.5) is 16.6 Å². The number of nitrogen functional groups attached to an aromatic ring is 1. The van der Waals surface area contributed by atoms with Gasteiger partial charge in [-0.1, -0.05) is 17.4 Å². The molecule has 0 bridgehead atoms. The molecular weight excluding hydrogens is 276 g/mol. The van der Waals surface area contributed by atoms with Crippen molar-refractivity contribution in [3.05, 3.63) is 29.1 Å². The van der Waals surface area contributed by atoms with Crippen LogP contribution >= 0.6 is 11.3 Å². The molecule has 0 atom stereocenters. The van der Waals surface area contributed by atoms with Crippen molar-refractivity contribution in [1.82, 2.24) is 4.98 Å². The molecule has 20 heavy (non-hydrogen) atoms. The van der Waals surface area contributed by atoms with Crippen LogP contribution in [-0.4, -0.2) is 24.5 Å². The van der Waals surface area contributed by atoms with E-state index in [1.54, 1.807) is 19.2 Å². The summed E-state index contributed by atoms with van der Waals surface area (Å²) >= 11 is 1.21. The summed E-state index contributed by atoms with van der Waals surface area (Å²) in [6.45, 7) is 2.48. The summed E-state index contributed by atoms with van der Waals surface area (Å²) in [5, 5.41) is 6.25. The first-order valence-electron chi connectivity index (χ1n) is 6.12. The molecule has 0 radical (unpaired) electrons. The van der Waals surface area contributed by atoms with Gasteiger partial charge in [-0.25, -0.2) is 4.98 Å². The van der Waals surface area contributed by atoms with E-state index in [-0.39, 0.29) is 11.7 Å². The monoisotopic (exact) mass is 292 g/mol. The molecule has 1 aromatic heterocycles. The Morgan fingerprint density at radius 2 is 2.30 bits per heavy atom. The highest BCUT2D eigenvalue weighted by atomic mass is 32.1. The van der Waals surface area contributed by atoms with Crippen molar-refractivity contribution in [1.29, 1.82) is 0 Å². The van der Waals surface area contributed by atoms with E-state index in [1.807, 2.05) is 19.1 Å². The Bertz CT molecular complexity index is 612. The fourth-order valence-corrected chi connectivity index (χ4v) is 2.35. The van der Waals surface area contributed by atoms with E-state index in [9.17, 15) is 4.79 Å². The van der Waals surface area contributed by atoms with E-state index in [1.165, 1.54) is 11.3 Å². The third-order valence-electron chi connectivity index (χ3n) is 2.48. The molecule has 0 aliphatic carbocycles. The molecule has 1 aromatic carbocycles. The number of nitrogens with two attached hydrogens (primary N) is 1. The summed E-state index contributed by atoms with van der Waals surface area (Å²) in [6.07, 6.45) is 0. The third kappa shape index (κ3) is 3.18. The lowest BCUT2D eigenvalue weighted by atomic mass is 10.3. The van der Waals surface area contributed by atoms with Gasteiger partial charge in [-0.3, -0.25) is 4.79 Å². The maximum atomic E-state index is 12.1. The number of hydrogen-bond donors (Lipinski definition) is 3. The largest absolute Gasteiger partial charge is 0.494 e. The number of carbonyl (C=O) groups excluding carboxylic acids is 1. The first-order chi connectivity index (χ1) is 9.63. The summed E-state index contributed by atoms with van der Waals surface area (Å²) in [5.74, 6) is 0.645. The SMILES string of the molecule is CCOc1cccc(NC(=O)c2sc(NC)nc2N)c1. The Morgan fingerprint density at radius 3 is 2.95 bits per heavy atom. The normalized spacial score (nSPS) is 10.1. The van der Waals surface area contributed by atoms with Crippen LogP contribution in [0.2, 0.25) is 0 Å². The molecule has 106 valence electrons. The number of carbonyl (C=O) groups is 1. The van der Waals surface area contributed by atoms with Crippen molar-refractivity contribution in [2.75, 3.05) is 30.0 Å². The van der Waals surface area contributed by atoms with Gasteiger partial charge in [0.2, 0.25) is 0 Å². The van der Waals surface area contributed by atoms with Crippen LogP contribution in [0.5, 0.6) is 5.75 Å². The zero-order chi connectivity index (χ0) is 14.5. The number of hydrogen-bond acceptors (Lipinski definition) is 6. The minimum atomic E-state index is -0.282. The van der Waals surface area contributed by atoms with Crippen molar-refractivity contribution >= 4 is 33.9 Å². The average Bonchev–Trinajstić information content (AvgIpc) is 2.81. The van der Waals surface area contributed by atoms with E-state index in [0.29, 0.717) is 28.1 Å². The summed E-state index contributed by atoms with van der Waals surface area (Å²) in [4.78, 5) is 16.6. The molecule has 0 saturated carbocycles. The number of anilines is 3. The summed E-state index contributed by atoms with van der Waals surface area (Å²) < 4.78 is 5.38. The second-order valence-electron chi connectivity index (χ2n) is 3.90. The molecule has 2 aromatic rings. The Morgan fingerprint density at radius 1 is 1.50 bits per heavy atom. The fourth-order valence-electron chi connectivity index (χ4n) is 1.62. The second-order valence-corrected chi connectivity index (χ2v) is 4.90. The van der Waals surface area contributed by atoms with Gasteiger partial charge >= 0.3 is 0 Å². The van der Waals surface area contributed by atoms with Crippen molar-refractivity contribution in [3.63, 3.8) is 0 Å². The van der Waals surface area contributed by atoms with E-state index in [0.717, 1.165) is 0 Å². The zero-order valence-corrected chi connectivity index (χ0v) is 12.1. The van der Waals surface area contributed by atoms with Crippen LogP contribution in [0.3, 0.4) is 0 Å². The maximum Gasteiger partial charge on any atom is 0.269 e. The zero-order valence-electron chi connectivity index (χ0n) is 11.3. The average molecular weight is 292 g/mol. The molecule has 0 fully saturated rings. The number of aromatic nitrogens is 1. The first-order valence-corrected chi connectivity index (χ1v) is 6.94. The Balaban J connectivity index is 2.14. The predicted molar refractivity (Wildman–Crippen MR) is 81.6 cm³/mol. The van der Waals surface area contributed by atoms with E-state index in [4.69, 9.17) is 10.5 Å². The van der Waals surface area contributed by atoms with Gasteiger partial charge < -0.3 is 21.1 Å². The Kier molecular flexibility index (Phi) is 4.41. The van der Waals surface area contributed by atoms with Crippen LogP contribution in [0.25, 0.3) is 0 Å². The van der Waals surface area contributed by atoms with Crippen molar-refractivity contribution < 1.29 is 9.53 Å². The number of benzene rings is 1. The lowest BCUT2D eigenvalue weighted by Gasteiger charge is -2.07. The molecule has 2 rings (SSSR count). The number of nitrogens with one attached hydrogen (secondary N) is 2. The molecule has 0 saturated heterocycles. The number of amides is 1. The van der Waals surface area contributed by atoms with Crippen LogP contribution < -0.4 is 21.1 Å². The van der Waals surface area contributed by atoms with Gasteiger partial charge in [0.25, 0.3) is 5.91 Å².